The lowest BCUT2D eigenvalue weighted by Gasteiger charge is -2.45. The molecule has 0 atom stereocenters. The van der Waals surface area contributed by atoms with Crippen molar-refractivity contribution < 1.29 is 0 Å². The summed E-state index contributed by atoms with van der Waals surface area (Å²) in [6, 6.07) is 106. The summed E-state index contributed by atoms with van der Waals surface area (Å²) in [6.07, 6.45) is 0. The predicted molar refractivity (Wildman–Crippen MR) is 335 cm³/mol. The summed E-state index contributed by atoms with van der Waals surface area (Å²) in [6.45, 7) is -0.131. The highest BCUT2D eigenvalue weighted by Crippen LogP contribution is 2.52. The third kappa shape index (κ3) is 6.39. The predicted octanol–water partition coefficient (Wildman–Crippen LogP) is 17.6. The monoisotopic (exact) mass is 1000 g/mol. The second-order valence-corrected chi connectivity index (χ2v) is 21.1. The van der Waals surface area contributed by atoms with Crippen LogP contribution >= 0.6 is 0 Å². The van der Waals surface area contributed by atoms with E-state index < -0.39 is 0 Å². The normalized spacial score (nSPS) is 12.7. The molecule has 17 rings (SSSR count). The van der Waals surface area contributed by atoms with Gasteiger partial charge in [-0.1, -0.05) is 224 Å². The molecule has 13 aromatic carbocycles. The number of nitrogens with zero attached hydrogens (tertiary/aromatic N) is 4. The van der Waals surface area contributed by atoms with Gasteiger partial charge in [0.15, 0.2) is 0 Å². The molecule has 4 nitrogen and oxygen atoms in total. The fraction of sp³-hybridized carbons (Fsp3) is 0. The van der Waals surface area contributed by atoms with Gasteiger partial charge in [-0.25, -0.2) is 0 Å². The van der Waals surface area contributed by atoms with E-state index in [1.807, 2.05) is 0 Å². The number of rotatable bonds is 6. The van der Waals surface area contributed by atoms with Gasteiger partial charge in [-0.05, 0) is 99.0 Å². The first-order valence-corrected chi connectivity index (χ1v) is 27.4. The summed E-state index contributed by atoms with van der Waals surface area (Å²) in [5.74, 6) is 0. The number of hydrogen-bond donors (Lipinski definition) is 0. The lowest BCUT2D eigenvalue weighted by molar-refractivity contribution is 1.17. The molecular formula is C74H47BN4. The van der Waals surface area contributed by atoms with Crippen LogP contribution < -0.4 is 26.2 Å². The second-order valence-electron chi connectivity index (χ2n) is 21.1. The van der Waals surface area contributed by atoms with Crippen LogP contribution in [0.4, 0.5) is 34.1 Å². The Labute approximate surface area is 457 Å². The van der Waals surface area contributed by atoms with E-state index in [1.165, 1.54) is 104 Å². The highest BCUT2D eigenvalue weighted by Gasteiger charge is 2.45. The van der Waals surface area contributed by atoms with Gasteiger partial charge in [-0.3, -0.25) is 0 Å². The zero-order valence-corrected chi connectivity index (χ0v) is 43.0. The summed E-state index contributed by atoms with van der Waals surface area (Å²) < 4.78 is 4.94. The molecule has 0 amide bonds. The first-order valence-electron chi connectivity index (χ1n) is 27.4. The van der Waals surface area contributed by atoms with Crippen LogP contribution in [0.2, 0.25) is 0 Å². The zero-order chi connectivity index (χ0) is 51.7. The average Bonchev–Trinajstić information content (AvgIpc) is 4.20. The molecule has 2 aliphatic rings. The standard InChI is InChI=1S/C74H47BN4/c1-3-20-48(21-4-1)56-42-38-50-24-7-9-26-54(50)73(56)78-68-36-19-37-69-72(68)75(62-44-40-52(46-70(62)78)76-64-32-15-11-28-58(64)59-29-12-16-33-65(59)76)63-45-41-53(77-66-34-17-13-30-60(66)61-31-14-18-35-67(61)77)47-71(63)79(69)74-55-27-10-8-25-51(55)39-43-57(74)49-22-5-2-6-23-49/h1-47H. The fourth-order valence-electron chi connectivity index (χ4n) is 13.8. The number of fused-ring (bicyclic) bond motifs is 12. The van der Waals surface area contributed by atoms with Crippen molar-refractivity contribution in [3.05, 3.63) is 285 Å². The molecule has 2 aromatic heterocycles. The molecule has 0 saturated carbocycles. The van der Waals surface area contributed by atoms with Crippen molar-refractivity contribution in [1.82, 2.24) is 9.13 Å². The highest BCUT2D eigenvalue weighted by atomic mass is 15.2. The smallest absolute Gasteiger partial charge is 0.252 e. The van der Waals surface area contributed by atoms with Crippen molar-refractivity contribution in [2.45, 2.75) is 0 Å². The molecule has 15 aromatic rings. The van der Waals surface area contributed by atoms with Crippen LogP contribution in [0, 0.1) is 0 Å². The van der Waals surface area contributed by atoms with Crippen LogP contribution in [0.15, 0.2) is 285 Å². The van der Waals surface area contributed by atoms with E-state index in [0.29, 0.717) is 0 Å². The van der Waals surface area contributed by atoms with Gasteiger partial charge in [0.2, 0.25) is 0 Å². The lowest BCUT2D eigenvalue weighted by Crippen LogP contribution is -2.61. The molecule has 4 heterocycles. The minimum Gasteiger partial charge on any atom is -0.310 e. The minimum atomic E-state index is -0.131. The highest BCUT2D eigenvalue weighted by molar-refractivity contribution is 7.00. The maximum absolute atomic E-state index is 2.63. The van der Waals surface area contributed by atoms with Gasteiger partial charge >= 0.3 is 0 Å². The van der Waals surface area contributed by atoms with Gasteiger partial charge in [0.25, 0.3) is 6.71 Å². The summed E-state index contributed by atoms with van der Waals surface area (Å²) >= 11 is 0. The van der Waals surface area contributed by atoms with E-state index in [4.69, 9.17) is 0 Å². The summed E-state index contributed by atoms with van der Waals surface area (Å²) in [4.78, 5) is 5.26. The van der Waals surface area contributed by atoms with Crippen LogP contribution in [0.3, 0.4) is 0 Å². The Balaban J connectivity index is 1.02. The van der Waals surface area contributed by atoms with Gasteiger partial charge in [0.1, 0.15) is 0 Å². The Kier molecular flexibility index (Phi) is 9.48. The van der Waals surface area contributed by atoms with Crippen molar-refractivity contribution in [1.29, 1.82) is 0 Å². The summed E-state index contributed by atoms with van der Waals surface area (Å²) in [5.41, 5.74) is 22.4. The van der Waals surface area contributed by atoms with E-state index in [2.05, 4.69) is 304 Å². The van der Waals surface area contributed by atoms with Gasteiger partial charge in [0.05, 0.1) is 33.4 Å². The van der Waals surface area contributed by atoms with Gasteiger partial charge in [-0.15, -0.1) is 0 Å². The van der Waals surface area contributed by atoms with Crippen LogP contribution in [0.25, 0.3) is 98.8 Å². The van der Waals surface area contributed by atoms with Crippen LogP contribution in [0.5, 0.6) is 0 Å². The Morgan fingerprint density at radius 3 is 1.01 bits per heavy atom. The molecule has 0 saturated heterocycles. The Hall–Kier alpha value is -10.4. The molecule has 0 spiro atoms. The SMILES string of the molecule is c1ccc(-c2ccc3ccccc3c2N2c3cc(-n4c5ccccc5c5ccccc54)ccc3B3c4ccc(-n5c6ccccc6c6ccccc65)cc4N(c4c(-c5ccccc5)ccc5ccccc45)c4cccc2c43)cc1. The van der Waals surface area contributed by atoms with Gasteiger partial charge in [-0.2, -0.15) is 0 Å². The van der Waals surface area contributed by atoms with Crippen molar-refractivity contribution in [2.24, 2.45) is 0 Å². The van der Waals surface area contributed by atoms with Crippen molar-refractivity contribution in [3.8, 4) is 33.6 Å². The molecule has 0 aliphatic carbocycles. The average molecular weight is 1000 g/mol. The van der Waals surface area contributed by atoms with Crippen LogP contribution in [-0.2, 0) is 0 Å². The van der Waals surface area contributed by atoms with E-state index in [-0.39, 0.29) is 6.71 Å². The van der Waals surface area contributed by atoms with E-state index in [1.54, 1.807) is 0 Å². The third-order valence-corrected chi connectivity index (χ3v) is 17.1. The molecule has 0 N–H and O–H groups in total. The molecule has 0 fully saturated rings. The minimum absolute atomic E-state index is 0.131. The quantitative estimate of drug-likeness (QED) is 0.154. The molecular weight excluding hydrogens is 956 g/mol. The Bertz CT molecular complexity index is 4580. The number of anilines is 6. The summed E-state index contributed by atoms with van der Waals surface area (Å²) in [7, 11) is 0. The largest absolute Gasteiger partial charge is 0.310 e. The van der Waals surface area contributed by atoms with Crippen molar-refractivity contribution in [3.63, 3.8) is 0 Å². The first kappa shape index (κ1) is 43.8. The van der Waals surface area contributed by atoms with Crippen molar-refractivity contribution in [2.75, 3.05) is 9.80 Å². The number of aromatic nitrogens is 2. The van der Waals surface area contributed by atoms with E-state index in [9.17, 15) is 0 Å². The fourth-order valence-corrected chi connectivity index (χ4v) is 13.8. The van der Waals surface area contributed by atoms with Crippen molar-refractivity contribution >= 4 is 122 Å². The van der Waals surface area contributed by atoms with E-state index >= 15 is 0 Å². The molecule has 366 valence electrons. The number of para-hydroxylation sites is 4. The molecule has 0 unspecified atom stereocenters. The van der Waals surface area contributed by atoms with Crippen LogP contribution in [0.1, 0.15) is 0 Å². The maximum atomic E-state index is 2.63. The lowest BCUT2D eigenvalue weighted by atomic mass is 9.33. The number of hydrogen-bond acceptors (Lipinski definition) is 2. The van der Waals surface area contributed by atoms with Gasteiger partial charge in [0, 0.05) is 77.6 Å². The molecule has 0 radical (unpaired) electrons. The molecule has 79 heavy (non-hydrogen) atoms. The maximum Gasteiger partial charge on any atom is 0.252 e. The number of benzene rings is 13. The first-order chi connectivity index (χ1) is 39.2. The van der Waals surface area contributed by atoms with E-state index in [0.717, 1.165) is 45.5 Å². The summed E-state index contributed by atoms with van der Waals surface area (Å²) in [5, 5.41) is 9.74. The molecule has 0 bridgehead atoms. The third-order valence-electron chi connectivity index (χ3n) is 17.1. The van der Waals surface area contributed by atoms with Crippen LogP contribution in [-0.4, -0.2) is 15.8 Å². The molecule has 2 aliphatic heterocycles. The Morgan fingerprint density at radius 1 is 0.253 bits per heavy atom. The topological polar surface area (TPSA) is 16.3 Å². The molecule has 5 heteroatoms. The Morgan fingerprint density at radius 2 is 0.608 bits per heavy atom. The second kappa shape index (κ2) is 17.1. The van der Waals surface area contributed by atoms with Gasteiger partial charge < -0.3 is 18.9 Å². The zero-order valence-electron chi connectivity index (χ0n) is 43.0.